The van der Waals surface area contributed by atoms with Crippen molar-refractivity contribution in [3.05, 3.63) is 65.9 Å². The molecule has 0 spiro atoms. The van der Waals surface area contributed by atoms with E-state index in [0.717, 1.165) is 43.7 Å². The lowest BCUT2D eigenvalue weighted by Crippen LogP contribution is -2.49. The number of carbonyl (C=O) groups is 1. The van der Waals surface area contributed by atoms with Gasteiger partial charge in [0.25, 0.3) is 0 Å². The number of carbonyl (C=O) groups excluding carboxylic acids is 1. The van der Waals surface area contributed by atoms with E-state index in [-0.39, 0.29) is 18.0 Å². The van der Waals surface area contributed by atoms with Crippen LogP contribution in [0.2, 0.25) is 0 Å². The first-order valence-electron chi connectivity index (χ1n) is 11.0. The molecule has 1 amide bonds. The van der Waals surface area contributed by atoms with Crippen LogP contribution in [0.4, 0.5) is 0 Å². The molecule has 0 aliphatic carbocycles. The number of likely N-dealkylation sites (tertiary alicyclic amines) is 1. The van der Waals surface area contributed by atoms with Gasteiger partial charge in [-0.15, -0.1) is 0 Å². The molecule has 1 saturated heterocycles. The summed E-state index contributed by atoms with van der Waals surface area (Å²) in [5.41, 5.74) is 3.62. The standard InChI is InChI=1S/C25H29N3O2/c1-17(25(29)27-22-12-15-30-24-9-5-3-7-20(22)24)28-13-10-18(11-14-28)23-16-19-6-2-4-8-21(19)26-23/h2-9,16-18,22,26H,10-15H2,1H3,(H,27,29)/t17-,22-/m1/s1. The predicted octanol–water partition coefficient (Wildman–Crippen LogP) is 4.38. The molecule has 3 heterocycles. The minimum atomic E-state index is -0.122. The molecule has 5 heteroatoms. The van der Waals surface area contributed by atoms with Gasteiger partial charge in [0.05, 0.1) is 18.7 Å². The highest BCUT2D eigenvalue weighted by Gasteiger charge is 2.30. The minimum absolute atomic E-state index is 0.0359. The highest BCUT2D eigenvalue weighted by atomic mass is 16.5. The fourth-order valence-electron chi connectivity index (χ4n) is 4.86. The van der Waals surface area contributed by atoms with Crippen LogP contribution >= 0.6 is 0 Å². The Kier molecular flexibility index (Phi) is 5.21. The number of para-hydroxylation sites is 2. The van der Waals surface area contributed by atoms with Crippen molar-refractivity contribution in [2.45, 2.75) is 44.2 Å². The number of H-pyrrole nitrogens is 1. The van der Waals surface area contributed by atoms with Gasteiger partial charge in [-0.05, 0) is 56.4 Å². The van der Waals surface area contributed by atoms with Gasteiger partial charge in [0, 0.05) is 29.1 Å². The van der Waals surface area contributed by atoms with Crippen LogP contribution in [0.5, 0.6) is 5.75 Å². The average molecular weight is 404 g/mol. The van der Waals surface area contributed by atoms with Gasteiger partial charge >= 0.3 is 0 Å². The van der Waals surface area contributed by atoms with E-state index in [4.69, 9.17) is 4.74 Å². The van der Waals surface area contributed by atoms with Crippen molar-refractivity contribution in [2.75, 3.05) is 19.7 Å². The number of benzene rings is 2. The van der Waals surface area contributed by atoms with Crippen molar-refractivity contribution in [3.63, 3.8) is 0 Å². The van der Waals surface area contributed by atoms with Gasteiger partial charge in [-0.1, -0.05) is 36.4 Å². The third-order valence-corrected chi connectivity index (χ3v) is 6.72. The van der Waals surface area contributed by atoms with Crippen molar-refractivity contribution in [2.24, 2.45) is 0 Å². The summed E-state index contributed by atoms with van der Waals surface area (Å²) in [5.74, 6) is 1.54. The number of hydrogen-bond donors (Lipinski definition) is 2. The molecular weight excluding hydrogens is 374 g/mol. The summed E-state index contributed by atoms with van der Waals surface area (Å²) in [4.78, 5) is 18.9. The molecule has 2 atom stereocenters. The van der Waals surface area contributed by atoms with Crippen LogP contribution in [0.15, 0.2) is 54.6 Å². The predicted molar refractivity (Wildman–Crippen MR) is 119 cm³/mol. The molecule has 0 bridgehead atoms. The summed E-state index contributed by atoms with van der Waals surface area (Å²) in [7, 11) is 0. The molecule has 1 fully saturated rings. The molecule has 2 N–H and O–H groups in total. The summed E-state index contributed by atoms with van der Waals surface area (Å²) in [6.07, 6.45) is 2.97. The second-order valence-electron chi connectivity index (χ2n) is 8.53. The van der Waals surface area contributed by atoms with E-state index in [1.54, 1.807) is 0 Å². The van der Waals surface area contributed by atoms with Crippen LogP contribution in [-0.4, -0.2) is 41.5 Å². The monoisotopic (exact) mass is 403 g/mol. The maximum atomic E-state index is 13.0. The molecule has 0 saturated carbocycles. The number of rotatable bonds is 4. The maximum Gasteiger partial charge on any atom is 0.237 e. The number of piperidine rings is 1. The summed E-state index contributed by atoms with van der Waals surface area (Å²) in [6, 6.07) is 18.7. The van der Waals surface area contributed by atoms with Crippen LogP contribution < -0.4 is 10.1 Å². The van der Waals surface area contributed by atoms with E-state index in [9.17, 15) is 4.79 Å². The summed E-state index contributed by atoms with van der Waals surface area (Å²) in [5, 5.41) is 4.54. The normalized spacial score (nSPS) is 21.0. The molecule has 5 nitrogen and oxygen atoms in total. The second kappa shape index (κ2) is 8.15. The Morgan fingerprint density at radius 3 is 2.70 bits per heavy atom. The number of hydrogen-bond acceptors (Lipinski definition) is 3. The lowest BCUT2D eigenvalue weighted by molar-refractivity contribution is -0.127. The zero-order chi connectivity index (χ0) is 20.5. The molecule has 0 radical (unpaired) electrons. The highest BCUT2D eigenvalue weighted by Crippen LogP contribution is 2.33. The molecule has 0 unspecified atom stereocenters. The number of nitrogens with zero attached hydrogens (tertiary/aromatic N) is 1. The van der Waals surface area contributed by atoms with Gasteiger partial charge in [0.1, 0.15) is 5.75 Å². The van der Waals surface area contributed by atoms with E-state index in [1.807, 2.05) is 25.1 Å². The largest absolute Gasteiger partial charge is 0.493 e. The minimum Gasteiger partial charge on any atom is -0.493 e. The number of amides is 1. The van der Waals surface area contributed by atoms with Gasteiger partial charge in [0.15, 0.2) is 0 Å². The Hall–Kier alpha value is -2.79. The first-order chi connectivity index (χ1) is 14.7. The Labute approximate surface area is 177 Å². The summed E-state index contributed by atoms with van der Waals surface area (Å²) < 4.78 is 5.72. The second-order valence-corrected chi connectivity index (χ2v) is 8.53. The molecule has 2 aliphatic rings. The van der Waals surface area contributed by atoms with Crippen molar-refractivity contribution >= 4 is 16.8 Å². The Morgan fingerprint density at radius 1 is 1.10 bits per heavy atom. The van der Waals surface area contributed by atoms with E-state index in [2.05, 4.69) is 51.6 Å². The van der Waals surface area contributed by atoms with E-state index >= 15 is 0 Å². The van der Waals surface area contributed by atoms with Crippen LogP contribution in [-0.2, 0) is 4.79 Å². The van der Waals surface area contributed by atoms with E-state index in [1.165, 1.54) is 16.6 Å². The molecule has 3 aromatic rings. The first-order valence-corrected chi connectivity index (χ1v) is 11.0. The number of aromatic amines is 1. The fraction of sp³-hybridized carbons (Fsp3) is 0.400. The van der Waals surface area contributed by atoms with E-state index < -0.39 is 0 Å². The molecule has 2 aromatic carbocycles. The number of nitrogens with one attached hydrogen (secondary N) is 2. The molecule has 156 valence electrons. The smallest absolute Gasteiger partial charge is 0.237 e. The Morgan fingerprint density at radius 2 is 1.87 bits per heavy atom. The topological polar surface area (TPSA) is 57.4 Å². The van der Waals surface area contributed by atoms with Crippen molar-refractivity contribution in [1.29, 1.82) is 0 Å². The number of aromatic nitrogens is 1. The zero-order valence-corrected chi connectivity index (χ0v) is 17.4. The Balaban J connectivity index is 1.19. The van der Waals surface area contributed by atoms with Gasteiger partial charge < -0.3 is 15.0 Å². The number of fused-ring (bicyclic) bond motifs is 2. The zero-order valence-electron chi connectivity index (χ0n) is 17.4. The van der Waals surface area contributed by atoms with Crippen LogP contribution in [0.1, 0.15) is 49.4 Å². The van der Waals surface area contributed by atoms with Gasteiger partial charge in [0.2, 0.25) is 5.91 Å². The molecule has 30 heavy (non-hydrogen) atoms. The van der Waals surface area contributed by atoms with E-state index in [0.29, 0.717) is 12.5 Å². The van der Waals surface area contributed by atoms with Crippen molar-refractivity contribution < 1.29 is 9.53 Å². The highest BCUT2D eigenvalue weighted by molar-refractivity contribution is 5.82. The Bertz CT molecular complexity index is 1000. The molecule has 1 aromatic heterocycles. The molecule has 2 aliphatic heterocycles. The fourth-order valence-corrected chi connectivity index (χ4v) is 4.86. The molecule has 5 rings (SSSR count). The molecular formula is C25H29N3O2. The van der Waals surface area contributed by atoms with Crippen molar-refractivity contribution in [3.8, 4) is 5.75 Å². The summed E-state index contributed by atoms with van der Waals surface area (Å²) in [6.45, 7) is 4.56. The van der Waals surface area contributed by atoms with Gasteiger partial charge in [-0.2, -0.15) is 0 Å². The maximum absolute atomic E-state index is 13.0. The van der Waals surface area contributed by atoms with Gasteiger partial charge in [-0.3, -0.25) is 9.69 Å². The quantitative estimate of drug-likeness (QED) is 0.680. The summed E-state index contributed by atoms with van der Waals surface area (Å²) >= 11 is 0. The van der Waals surface area contributed by atoms with Crippen LogP contribution in [0, 0.1) is 0 Å². The number of ether oxygens (including phenoxy) is 1. The third-order valence-electron chi connectivity index (χ3n) is 6.72. The lowest BCUT2D eigenvalue weighted by Gasteiger charge is -2.36. The van der Waals surface area contributed by atoms with Crippen molar-refractivity contribution in [1.82, 2.24) is 15.2 Å². The third kappa shape index (κ3) is 3.70. The lowest BCUT2D eigenvalue weighted by atomic mass is 9.92. The SMILES string of the molecule is C[C@H](C(=O)N[C@@H]1CCOc2ccccc21)N1CCC(c2cc3ccccc3[nH]2)CC1. The van der Waals surface area contributed by atoms with Crippen LogP contribution in [0.25, 0.3) is 10.9 Å². The first kappa shape index (κ1) is 19.2. The average Bonchev–Trinajstić information content (AvgIpc) is 3.23. The van der Waals surface area contributed by atoms with Gasteiger partial charge in [-0.25, -0.2) is 0 Å². The van der Waals surface area contributed by atoms with Crippen LogP contribution in [0.3, 0.4) is 0 Å².